The van der Waals surface area contributed by atoms with Gasteiger partial charge in [-0.05, 0) is 56.0 Å². The molecule has 0 saturated carbocycles. The van der Waals surface area contributed by atoms with Gasteiger partial charge in [0, 0.05) is 43.1 Å². The number of halogens is 1. The summed E-state index contributed by atoms with van der Waals surface area (Å²) in [5.74, 6) is 1.19. The molecule has 136 valence electrons. The van der Waals surface area contributed by atoms with Gasteiger partial charge in [-0.3, -0.25) is 9.78 Å². The summed E-state index contributed by atoms with van der Waals surface area (Å²) in [6, 6.07) is 10.1. The van der Waals surface area contributed by atoms with E-state index in [1.54, 1.807) is 42.7 Å². The SMILES string of the molecule is CN(C(=O)c1ccc(Oc2ccncc2)c(Cl)c1)C1CC2CCC(C1)N2. The van der Waals surface area contributed by atoms with E-state index in [9.17, 15) is 4.79 Å². The molecule has 0 spiro atoms. The van der Waals surface area contributed by atoms with Crippen LogP contribution in [0, 0.1) is 0 Å². The number of ether oxygens (including phenoxy) is 1. The minimum Gasteiger partial charge on any atom is -0.456 e. The van der Waals surface area contributed by atoms with Gasteiger partial charge in [0.15, 0.2) is 0 Å². The van der Waals surface area contributed by atoms with Gasteiger partial charge in [0.2, 0.25) is 0 Å². The van der Waals surface area contributed by atoms with Crippen LogP contribution in [0.3, 0.4) is 0 Å². The summed E-state index contributed by atoms with van der Waals surface area (Å²) in [7, 11) is 1.90. The first kappa shape index (κ1) is 17.3. The smallest absolute Gasteiger partial charge is 0.253 e. The minimum atomic E-state index is 0.00802. The number of carbonyl (C=O) groups is 1. The summed E-state index contributed by atoms with van der Waals surface area (Å²) >= 11 is 6.35. The zero-order chi connectivity index (χ0) is 18.1. The van der Waals surface area contributed by atoms with Crippen LogP contribution < -0.4 is 10.1 Å². The van der Waals surface area contributed by atoms with E-state index < -0.39 is 0 Å². The zero-order valence-electron chi connectivity index (χ0n) is 14.7. The monoisotopic (exact) mass is 371 g/mol. The highest BCUT2D eigenvalue weighted by Gasteiger charge is 2.36. The highest BCUT2D eigenvalue weighted by Crippen LogP contribution is 2.32. The van der Waals surface area contributed by atoms with E-state index in [1.165, 1.54) is 12.8 Å². The van der Waals surface area contributed by atoms with Gasteiger partial charge in [0.1, 0.15) is 11.5 Å². The first-order valence-electron chi connectivity index (χ1n) is 9.01. The molecule has 2 unspecified atom stereocenters. The second kappa shape index (κ2) is 7.25. The fourth-order valence-electron chi connectivity index (χ4n) is 3.96. The molecule has 2 bridgehead atoms. The van der Waals surface area contributed by atoms with E-state index in [2.05, 4.69) is 10.3 Å². The largest absolute Gasteiger partial charge is 0.456 e. The van der Waals surface area contributed by atoms with E-state index in [1.807, 2.05) is 11.9 Å². The maximum Gasteiger partial charge on any atom is 0.253 e. The van der Waals surface area contributed by atoms with Crippen molar-refractivity contribution in [2.24, 2.45) is 0 Å². The maximum absolute atomic E-state index is 12.9. The van der Waals surface area contributed by atoms with Crippen LogP contribution in [0.4, 0.5) is 0 Å². The molecule has 2 fully saturated rings. The number of carbonyl (C=O) groups excluding carboxylic acids is 1. The molecule has 0 aliphatic carbocycles. The first-order valence-corrected chi connectivity index (χ1v) is 9.38. The molecule has 2 saturated heterocycles. The zero-order valence-corrected chi connectivity index (χ0v) is 15.4. The fraction of sp³-hybridized carbons (Fsp3) is 0.400. The molecule has 5 nitrogen and oxygen atoms in total. The van der Waals surface area contributed by atoms with Crippen molar-refractivity contribution >= 4 is 17.5 Å². The summed E-state index contributed by atoms with van der Waals surface area (Å²) in [5.41, 5.74) is 0.588. The summed E-state index contributed by atoms with van der Waals surface area (Å²) in [4.78, 5) is 18.7. The van der Waals surface area contributed by atoms with E-state index in [0.29, 0.717) is 34.2 Å². The molecule has 2 aliphatic heterocycles. The number of benzene rings is 1. The normalized spacial score (nSPS) is 24.3. The van der Waals surface area contributed by atoms with Crippen LogP contribution >= 0.6 is 11.6 Å². The summed E-state index contributed by atoms with van der Waals surface area (Å²) in [6.45, 7) is 0. The average Bonchev–Trinajstić information content (AvgIpc) is 3.00. The lowest BCUT2D eigenvalue weighted by Crippen LogP contribution is -2.48. The highest BCUT2D eigenvalue weighted by molar-refractivity contribution is 6.32. The number of amides is 1. The van der Waals surface area contributed by atoms with Crippen molar-refractivity contribution < 1.29 is 9.53 Å². The van der Waals surface area contributed by atoms with E-state index in [0.717, 1.165) is 12.8 Å². The highest BCUT2D eigenvalue weighted by atomic mass is 35.5. The van der Waals surface area contributed by atoms with Crippen LogP contribution in [0.2, 0.25) is 5.02 Å². The molecule has 26 heavy (non-hydrogen) atoms. The molecule has 0 radical (unpaired) electrons. The Labute approximate surface area is 158 Å². The molecule has 2 aliphatic rings. The van der Waals surface area contributed by atoms with E-state index in [-0.39, 0.29) is 11.9 Å². The molecule has 1 N–H and O–H groups in total. The number of nitrogens with zero attached hydrogens (tertiary/aromatic N) is 2. The van der Waals surface area contributed by atoms with Crippen LogP contribution in [-0.4, -0.2) is 41.0 Å². The van der Waals surface area contributed by atoms with Crippen molar-refractivity contribution in [2.75, 3.05) is 7.05 Å². The third-order valence-electron chi connectivity index (χ3n) is 5.37. The molecule has 1 amide bonds. The Morgan fingerprint density at radius 1 is 1.19 bits per heavy atom. The van der Waals surface area contributed by atoms with Crippen molar-refractivity contribution in [1.82, 2.24) is 15.2 Å². The van der Waals surface area contributed by atoms with E-state index in [4.69, 9.17) is 16.3 Å². The number of nitrogens with one attached hydrogen (secondary N) is 1. The number of hydrogen-bond acceptors (Lipinski definition) is 4. The number of piperidine rings is 1. The van der Waals surface area contributed by atoms with Gasteiger partial charge in [-0.15, -0.1) is 0 Å². The van der Waals surface area contributed by atoms with Gasteiger partial charge in [-0.1, -0.05) is 11.6 Å². The second-order valence-electron chi connectivity index (χ2n) is 7.11. The summed E-state index contributed by atoms with van der Waals surface area (Å²) in [5, 5.41) is 4.04. The standard InChI is InChI=1S/C20H22ClN3O2/c1-24(16-11-14-3-4-15(12-16)23-14)20(25)13-2-5-19(18(21)10-13)26-17-6-8-22-9-7-17/h2,5-10,14-16,23H,3-4,11-12H2,1H3. The van der Waals surface area contributed by atoms with Gasteiger partial charge in [0.05, 0.1) is 5.02 Å². The van der Waals surface area contributed by atoms with Crippen molar-refractivity contribution in [3.05, 3.63) is 53.3 Å². The van der Waals surface area contributed by atoms with Crippen molar-refractivity contribution in [1.29, 1.82) is 0 Å². The third-order valence-corrected chi connectivity index (χ3v) is 5.67. The lowest BCUT2D eigenvalue weighted by molar-refractivity contribution is 0.0681. The Morgan fingerprint density at radius 2 is 1.88 bits per heavy atom. The maximum atomic E-state index is 12.9. The minimum absolute atomic E-state index is 0.00802. The molecular formula is C20H22ClN3O2. The van der Waals surface area contributed by atoms with Crippen LogP contribution in [0.15, 0.2) is 42.7 Å². The second-order valence-corrected chi connectivity index (χ2v) is 7.52. The molecule has 3 heterocycles. The van der Waals surface area contributed by atoms with Crippen LogP contribution in [0.5, 0.6) is 11.5 Å². The molecule has 2 atom stereocenters. The topological polar surface area (TPSA) is 54.5 Å². The van der Waals surface area contributed by atoms with Crippen LogP contribution in [0.25, 0.3) is 0 Å². The molecule has 6 heteroatoms. The molecule has 2 aromatic rings. The Balaban J connectivity index is 1.47. The summed E-state index contributed by atoms with van der Waals surface area (Å²) in [6.07, 6.45) is 7.79. The first-order chi connectivity index (χ1) is 12.6. The number of aromatic nitrogens is 1. The Bertz CT molecular complexity index is 787. The Hall–Kier alpha value is -2.11. The quantitative estimate of drug-likeness (QED) is 0.886. The van der Waals surface area contributed by atoms with Gasteiger partial charge >= 0.3 is 0 Å². The predicted molar refractivity (Wildman–Crippen MR) is 101 cm³/mol. The average molecular weight is 372 g/mol. The number of hydrogen-bond donors (Lipinski definition) is 1. The van der Waals surface area contributed by atoms with Crippen LogP contribution in [0.1, 0.15) is 36.0 Å². The van der Waals surface area contributed by atoms with Crippen molar-refractivity contribution in [2.45, 2.75) is 43.8 Å². The van der Waals surface area contributed by atoms with Gasteiger partial charge in [-0.25, -0.2) is 0 Å². The van der Waals surface area contributed by atoms with Crippen molar-refractivity contribution in [3.63, 3.8) is 0 Å². The fourth-order valence-corrected chi connectivity index (χ4v) is 4.18. The summed E-state index contributed by atoms with van der Waals surface area (Å²) < 4.78 is 5.75. The Kier molecular flexibility index (Phi) is 4.83. The van der Waals surface area contributed by atoms with Gasteiger partial charge < -0.3 is 15.0 Å². The van der Waals surface area contributed by atoms with Gasteiger partial charge in [0.25, 0.3) is 5.91 Å². The van der Waals surface area contributed by atoms with E-state index >= 15 is 0 Å². The van der Waals surface area contributed by atoms with Gasteiger partial charge in [-0.2, -0.15) is 0 Å². The van der Waals surface area contributed by atoms with Crippen LogP contribution in [-0.2, 0) is 0 Å². The Morgan fingerprint density at radius 3 is 2.54 bits per heavy atom. The lowest BCUT2D eigenvalue weighted by atomic mass is 9.98. The third kappa shape index (κ3) is 3.55. The number of pyridine rings is 1. The number of fused-ring (bicyclic) bond motifs is 2. The molecular weight excluding hydrogens is 350 g/mol. The number of rotatable bonds is 4. The molecule has 1 aromatic heterocycles. The van der Waals surface area contributed by atoms with Crippen molar-refractivity contribution in [3.8, 4) is 11.5 Å². The predicted octanol–water partition coefficient (Wildman–Crippen LogP) is 3.88. The lowest BCUT2D eigenvalue weighted by Gasteiger charge is -2.35. The molecule has 1 aromatic carbocycles. The molecule has 4 rings (SSSR count).